The van der Waals surface area contributed by atoms with Gasteiger partial charge in [-0.2, -0.15) is 11.8 Å². The van der Waals surface area contributed by atoms with Gasteiger partial charge < -0.3 is 10.8 Å². The van der Waals surface area contributed by atoms with Gasteiger partial charge in [0, 0.05) is 5.38 Å². The van der Waals surface area contributed by atoms with Crippen LogP contribution in [0.1, 0.15) is 18.5 Å². The number of aliphatic carboxylic acids is 1. The fraction of sp³-hybridized carbons (Fsp3) is 0.455. The molecule has 0 bridgehead atoms. The Kier molecular flexibility index (Phi) is 4.06. The highest BCUT2D eigenvalue weighted by atomic mass is 32.2. The first-order chi connectivity index (χ1) is 8.16. The van der Waals surface area contributed by atoms with Crippen molar-refractivity contribution in [3.05, 3.63) is 17.2 Å². The number of anilines is 1. The van der Waals surface area contributed by atoms with Gasteiger partial charge in [0.05, 0.1) is 11.3 Å². The predicted octanol–water partition coefficient (Wildman–Crippen LogP) is 2.34. The van der Waals surface area contributed by atoms with Crippen LogP contribution in [0.5, 0.6) is 0 Å². The van der Waals surface area contributed by atoms with Crippen molar-refractivity contribution in [2.75, 3.05) is 17.2 Å². The number of thioether (sulfide) groups is 1. The molecule has 1 saturated heterocycles. The number of rotatable bonds is 3. The van der Waals surface area contributed by atoms with Crippen LogP contribution in [0.2, 0.25) is 0 Å². The van der Waals surface area contributed by atoms with Gasteiger partial charge in [-0.3, -0.25) is 0 Å². The Labute approximate surface area is 108 Å². The Bertz CT molecular complexity index is 436. The van der Waals surface area contributed by atoms with Crippen LogP contribution in [0.4, 0.5) is 5.13 Å². The van der Waals surface area contributed by atoms with E-state index in [2.05, 4.69) is 4.98 Å². The molecule has 2 heterocycles. The fourth-order valence-corrected chi connectivity index (χ4v) is 3.50. The Balaban J connectivity index is 2.22. The number of carboxylic acid groups (broad SMARTS) is 1. The molecule has 1 aromatic rings. The van der Waals surface area contributed by atoms with Gasteiger partial charge in [0.2, 0.25) is 0 Å². The summed E-state index contributed by atoms with van der Waals surface area (Å²) in [6, 6.07) is 0. The zero-order valence-corrected chi connectivity index (χ0v) is 10.9. The quantitative estimate of drug-likeness (QED) is 0.824. The highest BCUT2D eigenvalue weighted by Gasteiger charge is 2.18. The Hall–Kier alpha value is -1.01. The number of carbonyl (C=O) groups is 1. The van der Waals surface area contributed by atoms with E-state index in [1.54, 1.807) is 5.38 Å². The van der Waals surface area contributed by atoms with Crippen LogP contribution in [0.3, 0.4) is 0 Å². The van der Waals surface area contributed by atoms with E-state index in [0.717, 1.165) is 24.3 Å². The van der Waals surface area contributed by atoms with E-state index in [1.807, 2.05) is 17.8 Å². The van der Waals surface area contributed by atoms with Crippen LogP contribution in [0.25, 0.3) is 5.57 Å². The molecule has 1 aliphatic rings. The molecule has 0 unspecified atom stereocenters. The van der Waals surface area contributed by atoms with E-state index in [9.17, 15) is 9.90 Å². The Morgan fingerprint density at radius 3 is 2.76 bits per heavy atom. The van der Waals surface area contributed by atoms with Crippen molar-refractivity contribution in [3.63, 3.8) is 0 Å². The molecule has 1 aliphatic heterocycles. The van der Waals surface area contributed by atoms with Crippen molar-refractivity contribution < 1.29 is 9.90 Å². The summed E-state index contributed by atoms with van der Waals surface area (Å²) < 4.78 is 0. The van der Waals surface area contributed by atoms with Gasteiger partial charge in [0.25, 0.3) is 0 Å². The lowest BCUT2D eigenvalue weighted by atomic mass is 9.98. The van der Waals surface area contributed by atoms with Gasteiger partial charge in [-0.1, -0.05) is 6.08 Å². The van der Waals surface area contributed by atoms with Crippen LogP contribution in [-0.4, -0.2) is 27.6 Å². The molecule has 4 nitrogen and oxygen atoms in total. The standard InChI is InChI=1S/C11H14N2O2S2/c12-11-13-9(6-17-11)8(10(14)15)5-7-1-3-16-4-2-7/h5-7H,1-4H2,(H2,12,13)(H,14,15). The molecule has 2 rings (SSSR count). The van der Waals surface area contributed by atoms with Crippen LogP contribution in [-0.2, 0) is 4.79 Å². The lowest BCUT2D eigenvalue weighted by molar-refractivity contribution is -0.130. The lowest BCUT2D eigenvalue weighted by Crippen LogP contribution is -2.10. The second-order valence-electron chi connectivity index (χ2n) is 3.91. The zero-order valence-electron chi connectivity index (χ0n) is 9.26. The maximum atomic E-state index is 11.2. The van der Waals surface area contributed by atoms with Crippen LogP contribution >= 0.6 is 23.1 Å². The molecule has 0 saturated carbocycles. The molecule has 0 amide bonds. The largest absolute Gasteiger partial charge is 0.478 e. The second-order valence-corrected chi connectivity index (χ2v) is 6.02. The van der Waals surface area contributed by atoms with E-state index < -0.39 is 5.97 Å². The van der Waals surface area contributed by atoms with Gasteiger partial charge in [-0.15, -0.1) is 11.3 Å². The normalized spacial score (nSPS) is 18.2. The molecule has 1 fully saturated rings. The minimum Gasteiger partial charge on any atom is -0.478 e. The molecule has 92 valence electrons. The molecule has 1 aromatic heterocycles. The zero-order chi connectivity index (χ0) is 12.3. The summed E-state index contributed by atoms with van der Waals surface area (Å²) in [5, 5.41) is 11.3. The second kappa shape index (κ2) is 5.55. The van der Waals surface area contributed by atoms with Crippen molar-refractivity contribution in [2.45, 2.75) is 12.8 Å². The number of nitrogens with zero attached hydrogens (tertiary/aromatic N) is 1. The van der Waals surface area contributed by atoms with Gasteiger partial charge >= 0.3 is 5.97 Å². The number of carboxylic acids is 1. The molecule has 0 aromatic carbocycles. The average molecular weight is 270 g/mol. The van der Waals surface area contributed by atoms with Crippen molar-refractivity contribution >= 4 is 39.8 Å². The van der Waals surface area contributed by atoms with E-state index in [0.29, 0.717) is 16.7 Å². The number of allylic oxidation sites excluding steroid dienone is 1. The highest BCUT2D eigenvalue weighted by molar-refractivity contribution is 7.99. The summed E-state index contributed by atoms with van der Waals surface area (Å²) in [4.78, 5) is 15.3. The maximum Gasteiger partial charge on any atom is 0.337 e. The number of hydrogen-bond acceptors (Lipinski definition) is 5. The molecule has 17 heavy (non-hydrogen) atoms. The topological polar surface area (TPSA) is 76.2 Å². The third-order valence-corrected chi connectivity index (χ3v) is 4.42. The summed E-state index contributed by atoms with van der Waals surface area (Å²) in [5.41, 5.74) is 6.30. The van der Waals surface area contributed by atoms with Crippen molar-refractivity contribution in [2.24, 2.45) is 5.92 Å². The third-order valence-electron chi connectivity index (χ3n) is 2.70. The number of hydrogen-bond donors (Lipinski definition) is 2. The molecule has 0 radical (unpaired) electrons. The maximum absolute atomic E-state index is 11.2. The third kappa shape index (κ3) is 3.23. The summed E-state index contributed by atoms with van der Waals surface area (Å²) in [6.45, 7) is 0. The number of nitrogens with two attached hydrogens (primary N) is 1. The molecule has 0 aliphatic carbocycles. The van der Waals surface area contributed by atoms with E-state index in [4.69, 9.17) is 5.73 Å². The first-order valence-electron chi connectivity index (χ1n) is 5.41. The number of nitrogen functional groups attached to an aromatic ring is 1. The van der Waals surface area contributed by atoms with E-state index in [-0.39, 0.29) is 5.57 Å². The minimum absolute atomic E-state index is 0.287. The van der Waals surface area contributed by atoms with Crippen LogP contribution in [0, 0.1) is 5.92 Å². The number of aromatic nitrogens is 1. The van der Waals surface area contributed by atoms with Crippen LogP contribution < -0.4 is 5.73 Å². The average Bonchev–Trinajstić information content (AvgIpc) is 2.73. The summed E-state index contributed by atoms with van der Waals surface area (Å²) in [5.74, 6) is 1.64. The van der Waals surface area contributed by atoms with Crippen molar-refractivity contribution in [3.8, 4) is 0 Å². The highest BCUT2D eigenvalue weighted by Crippen LogP contribution is 2.28. The molecule has 3 N–H and O–H groups in total. The molecule has 0 spiro atoms. The van der Waals surface area contributed by atoms with E-state index in [1.165, 1.54) is 11.3 Å². The van der Waals surface area contributed by atoms with Gasteiger partial charge in [-0.05, 0) is 30.3 Å². The molecular weight excluding hydrogens is 256 g/mol. The summed E-state index contributed by atoms with van der Waals surface area (Å²) in [6.07, 6.45) is 3.93. The van der Waals surface area contributed by atoms with Gasteiger partial charge in [-0.25, -0.2) is 9.78 Å². The van der Waals surface area contributed by atoms with Crippen molar-refractivity contribution in [1.82, 2.24) is 4.98 Å². The Morgan fingerprint density at radius 2 is 2.24 bits per heavy atom. The number of thiazole rings is 1. The minimum atomic E-state index is -0.923. The molecule has 6 heteroatoms. The first-order valence-corrected chi connectivity index (χ1v) is 7.44. The molecular formula is C11H14N2O2S2. The fourth-order valence-electron chi connectivity index (χ4n) is 1.80. The summed E-state index contributed by atoms with van der Waals surface area (Å²) >= 11 is 3.19. The summed E-state index contributed by atoms with van der Waals surface area (Å²) in [7, 11) is 0. The first kappa shape index (κ1) is 12.4. The predicted molar refractivity (Wildman–Crippen MR) is 72.2 cm³/mol. The SMILES string of the molecule is Nc1nc(C(=CC2CCSCC2)C(=O)O)cs1. The lowest BCUT2D eigenvalue weighted by Gasteiger charge is -2.18. The van der Waals surface area contributed by atoms with E-state index >= 15 is 0 Å². The smallest absolute Gasteiger partial charge is 0.337 e. The Morgan fingerprint density at radius 1 is 1.53 bits per heavy atom. The monoisotopic (exact) mass is 270 g/mol. The molecule has 0 atom stereocenters. The van der Waals surface area contributed by atoms with Gasteiger partial charge in [0.15, 0.2) is 5.13 Å². The van der Waals surface area contributed by atoms with Crippen LogP contribution in [0.15, 0.2) is 11.5 Å². The van der Waals surface area contributed by atoms with Crippen molar-refractivity contribution in [1.29, 1.82) is 0 Å². The van der Waals surface area contributed by atoms with Gasteiger partial charge in [0.1, 0.15) is 0 Å².